The van der Waals surface area contributed by atoms with Gasteiger partial charge in [0.2, 0.25) is 0 Å². The average molecular weight is 228 g/mol. The topological polar surface area (TPSA) is 12.0 Å². The summed E-state index contributed by atoms with van der Waals surface area (Å²) in [5.41, 5.74) is 0.521. The average Bonchev–Trinajstić information content (AvgIpc) is 2.18. The Bertz CT molecular complexity index is 347. The first-order chi connectivity index (χ1) is 7.11. The van der Waals surface area contributed by atoms with Crippen LogP contribution in [0.1, 0.15) is 19.4 Å². The summed E-state index contributed by atoms with van der Waals surface area (Å²) < 4.78 is 13.4. The molecule has 1 aromatic rings. The zero-order valence-corrected chi connectivity index (χ0v) is 9.68. The lowest BCUT2D eigenvalue weighted by Crippen LogP contribution is -2.22. The molecular formula is C12H15ClFN. The molecule has 1 aromatic carbocycles. The van der Waals surface area contributed by atoms with E-state index in [2.05, 4.69) is 19.2 Å². The van der Waals surface area contributed by atoms with Crippen LogP contribution in [0.3, 0.4) is 0 Å². The van der Waals surface area contributed by atoms with E-state index in [1.807, 2.05) is 6.08 Å². The molecule has 1 nitrogen and oxygen atoms in total. The fourth-order valence-electron chi connectivity index (χ4n) is 1.14. The van der Waals surface area contributed by atoms with Crippen molar-refractivity contribution in [2.75, 3.05) is 6.54 Å². The van der Waals surface area contributed by atoms with Crippen LogP contribution in [0.5, 0.6) is 0 Å². The predicted octanol–water partition coefficient (Wildman–Crippen LogP) is 3.49. The molecule has 0 amide bonds. The SMILES string of the molecule is CC(C)NC/C=C/c1cccc(Cl)c1F. The van der Waals surface area contributed by atoms with Gasteiger partial charge in [0, 0.05) is 18.2 Å². The molecule has 0 aromatic heterocycles. The fraction of sp³-hybridized carbons (Fsp3) is 0.333. The molecule has 0 heterocycles. The number of rotatable bonds is 4. The van der Waals surface area contributed by atoms with E-state index in [1.165, 1.54) is 0 Å². The number of hydrogen-bond acceptors (Lipinski definition) is 1. The molecule has 0 aliphatic rings. The molecule has 0 atom stereocenters. The minimum absolute atomic E-state index is 0.161. The van der Waals surface area contributed by atoms with Gasteiger partial charge in [0.1, 0.15) is 5.82 Å². The molecule has 15 heavy (non-hydrogen) atoms. The van der Waals surface area contributed by atoms with E-state index in [0.29, 0.717) is 11.6 Å². The lowest BCUT2D eigenvalue weighted by molar-refractivity contribution is 0.624. The van der Waals surface area contributed by atoms with Crippen molar-refractivity contribution in [2.24, 2.45) is 0 Å². The molecule has 0 bridgehead atoms. The molecule has 0 aliphatic carbocycles. The maximum atomic E-state index is 13.4. The molecule has 3 heteroatoms. The number of hydrogen-bond donors (Lipinski definition) is 1. The summed E-state index contributed by atoms with van der Waals surface area (Å²) in [6, 6.07) is 5.41. The van der Waals surface area contributed by atoms with E-state index < -0.39 is 0 Å². The molecule has 82 valence electrons. The van der Waals surface area contributed by atoms with Gasteiger partial charge in [-0.25, -0.2) is 4.39 Å². The lowest BCUT2D eigenvalue weighted by atomic mass is 10.2. The van der Waals surface area contributed by atoms with Crippen LogP contribution in [0.2, 0.25) is 5.02 Å². The highest BCUT2D eigenvalue weighted by Crippen LogP contribution is 2.18. The van der Waals surface area contributed by atoms with Crippen LogP contribution in [0.15, 0.2) is 24.3 Å². The van der Waals surface area contributed by atoms with E-state index in [1.54, 1.807) is 24.3 Å². The minimum Gasteiger partial charge on any atom is -0.311 e. The maximum absolute atomic E-state index is 13.4. The fourth-order valence-corrected chi connectivity index (χ4v) is 1.32. The van der Waals surface area contributed by atoms with Crippen molar-refractivity contribution in [3.8, 4) is 0 Å². The first kappa shape index (κ1) is 12.2. The Hall–Kier alpha value is -0.860. The van der Waals surface area contributed by atoms with Crippen molar-refractivity contribution in [2.45, 2.75) is 19.9 Å². The van der Waals surface area contributed by atoms with Gasteiger partial charge in [-0.15, -0.1) is 0 Å². The Morgan fingerprint density at radius 2 is 2.20 bits per heavy atom. The number of nitrogens with one attached hydrogen (secondary N) is 1. The van der Waals surface area contributed by atoms with Gasteiger partial charge in [0.05, 0.1) is 5.02 Å². The highest BCUT2D eigenvalue weighted by molar-refractivity contribution is 6.30. The van der Waals surface area contributed by atoms with Gasteiger partial charge in [-0.05, 0) is 6.07 Å². The van der Waals surface area contributed by atoms with Crippen molar-refractivity contribution in [3.63, 3.8) is 0 Å². The van der Waals surface area contributed by atoms with Crippen molar-refractivity contribution in [1.82, 2.24) is 5.32 Å². The van der Waals surface area contributed by atoms with Gasteiger partial charge < -0.3 is 5.32 Å². The summed E-state index contributed by atoms with van der Waals surface area (Å²) in [7, 11) is 0. The first-order valence-electron chi connectivity index (χ1n) is 4.95. The van der Waals surface area contributed by atoms with Crippen LogP contribution in [0.4, 0.5) is 4.39 Å². The molecule has 0 saturated heterocycles. The highest BCUT2D eigenvalue weighted by Gasteiger charge is 2.01. The molecule has 0 radical (unpaired) electrons. The Kier molecular flexibility index (Phi) is 4.79. The molecule has 0 saturated carbocycles. The minimum atomic E-state index is -0.361. The summed E-state index contributed by atoms with van der Waals surface area (Å²) in [4.78, 5) is 0. The molecule has 0 aliphatic heterocycles. The predicted molar refractivity (Wildman–Crippen MR) is 63.6 cm³/mol. The van der Waals surface area contributed by atoms with Crippen LogP contribution in [-0.4, -0.2) is 12.6 Å². The quantitative estimate of drug-likeness (QED) is 0.831. The Morgan fingerprint density at radius 3 is 2.87 bits per heavy atom. The number of benzene rings is 1. The van der Waals surface area contributed by atoms with Gasteiger partial charge in [0.25, 0.3) is 0 Å². The smallest absolute Gasteiger partial charge is 0.148 e. The summed E-state index contributed by atoms with van der Waals surface area (Å²) in [5, 5.41) is 3.37. The molecule has 0 unspecified atom stereocenters. The van der Waals surface area contributed by atoms with Crippen molar-refractivity contribution in [1.29, 1.82) is 0 Å². The zero-order chi connectivity index (χ0) is 11.3. The molecule has 1 N–H and O–H groups in total. The second-order valence-corrected chi connectivity index (χ2v) is 4.02. The second kappa shape index (κ2) is 5.89. The van der Waals surface area contributed by atoms with E-state index in [9.17, 15) is 4.39 Å². The van der Waals surface area contributed by atoms with Gasteiger partial charge in [-0.3, -0.25) is 0 Å². The third kappa shape index (κ3) is 4.02. The third-order valence-corrected chi connectivity index (χ3v) is 2.21. The monoisotopic (exact) mass is 227 g/mol. The van der Waals surface area contributed by atoms with E-state index >= 15 is 0 Å². The Labute approximate surface area is 95.0 Å². The first-order valence-corrected chi connectivity index (χ1v) is 5.33. The second-order valence-electron chi connectivity index (χ2n) is 3.61. The van der Waals surface area contributed by atoms with Gasteiger partial charge in [-0.2, -0.15) is 0 Å². The van der Waals surface area contributed by atoms with Gasteiger partial charge >= 0.3 is 0 Å². The molecule has 0 fully saturated rings. The van der Waals surface area contributed by atoms with Gasteiger partial charge in [-0.1, -0.05) is 49.7 Å². The molecular weight excluding hydrogens is 213 g/mol. The standard InChI is InChI=1S/C12H15ClFN/c1-9(2)15-8-4-6-10-5-3-7-11(13)12(10)14/h3-7,9,15H,8H2,1-2H3/b6-4+. The van der Waals surface area contributed by atoms with Crippen LogP contribution in [0.25, 0.3) is 6.08 Å². The maximum Gasteiger partial charge on any atom is 0.148 e. The zero-order valence-electron chi connectivity index (χ0n) is 8.93. The summed E-state index contributed by atoms with van der Waals surface area (Å²) in [6.45, 7) is 4.85. The Balaban J connectivity index is 2.60. The van der Waals surface area contributed by atoms with Crippen molar-refractivity contribution < 1.29 is 4.39 Å². The van der Waals surface area contributed by atoms with Crippen LogP contribution in [-0.2, 0) is 0 Å². The van der Waals surface area contributed by atoms with E-state index in [4.69, 9.17) is 11.6 Å². The normalized spacial score (nSPS) is 11.5. The van der Waals surface area contributed by atoms with Gasteiger partial charge in [0.15, 0.2) is 0 Å². The van der Waals surface area contributed by atoms with E-state index in [-0.39, 0.29) is 10.8 Å². The largest absolute Gasteiger partial charge is 0.311 e. The van der Waals surface area contributed by atoms with Crippen LogP contribution < -0.4 is 5.32 Å². The summed E-state index contributed by atoms with van der Waals surface area (Å²) >= 11 is 5.65. The molecule has 0 spiro atoms. The third-order valence-electron chi connectivity index (χ3n) is 1.92. The highest BCUT2D eigenvalue weighted by atomic mass is 35.5. The van der Waals surface area contributed by atoms with E-state index in [0.717, 1.165) is 6.54 Å². The van der Waals surface area contributed by atoms with Crippen molar-refractivity contribution >= 4 is 17.7 Å². The summed E-state index contributed by atoms with van der Waals surface area (Å²) in [5.74, 6) is -0.361. The Morgan fingerprint density at radius 1 is 1.47 bits per heavy atom. The number of halogens is 2. The van der Waals surface area contributed by atoms with Crippen LogP contribution >= 0.6 is 11.6 Å². The lowest BCUT2D eigenvalue weighted by Gasteiger charge is -2.03. The summed E-state index contributed by atoms with van der Waals surface area (Å²) in [6.07, 6.45) is 3.62. The van der Waals surface area contributed by atoms with Crippen molar-refractivity contribution in [3.05, 3.63) is 40.7 Å². The molecule has 1 rings (SSSR count). The van der Waals surface area contributed by atoms with Crippen LogP contribution in [0, 0.1) is 5.82 Å².